The number of rotatable bonds is 4. The highest BCUT2D eigenvalue weighted by atomic mass is 35.5. The summed E-state index contributed by atoms with van der Waals surface area (Å²) in [5.74, 6) is 0.782. The number of hydrogen-bond acceptors (Lipinski definition) is 5. The maximum atomic E-state index is 11.1. The second kappa shape index (κ2) is 7.36. The topological polar surface area (TPSA) is 76.1 Å². The lowest BCUT2D eigenvalue weighted by Crippen LogP contribution is -2.28. The monoisotopic (exact) mass is 356 g/mol. The summed E-state index contributed by atoms with van der Waals surface area (Å²) in [6.07, 6.45) is 1.97. The quantitative estimate of drug-likeness (QED) is 0.748. The minimum atomic E-state index is -0.339. The van der Waals surface area contributed by atoms with Gasteiger partial charge in [0.15, 0.2) is 0 Å². The molecule has 2 aromatic carbocycles. The van der Waals surface area contributed by atoms with E-state index in [2.05, 4.69) is 20.6 Å². The van der Waals surface area contributed by atoms with E-state index in [1.807, 2.05) is 48.5 Å². The van der Waals surface area contributed by atoms with Gasteiger partial charge in [-0.3, -0.25) is 0 Å². The number of carbonyl (C=O) groups is 1. The van der Waals surface area contributed by atoms with Crippen LogP contribution in [0.4, 0.5) is 16.3 Å². The molecule has 2 N–H and O–H groups in total. The van der Waals surface area contributed by atoms with Gasteiger partial charge in [0.05, 0.1) is 11.6 Å². The number of amides is 1. The first-order chi connectivity index (χ1) is 11.8. The van der Waals surface area contributed by atoms with Crippen LogP contribution < -0.4 is 10.6 Å². The molecule has 1 fully saturated rings. The zero-order chi connectivity index (χ0) is 16.4. The molecule has 1 amide bonds. The van der Waals surface area contributed by atoms with Gasteiger partial charge in [0.25, 0.3) is 0 Å². The Labute approximate surface area is 151 Å². The van der Waals surface area contributed by atoms with Crippen molar-refractivity contribution < 1.29 is 9.53 Å². The van der Waals surface area contributed by atoms with Crippen molar-refractivity contribution in [1.29, 1.82) is 0 Å². The van der Waals surface area contributed by atoms with Gasteiger partial charge in [0.1, 0.15) is 18.8 Å². The van der Waals surface area contributed by atoms with Gasteiger partial charge in [0, 0.05) is 11.1 Å². The molecule has 1 aromatic heterocycles. The summed E-state index contributed by atoms with van der Waals surface area (Å²) in [6, 6.07) is 16.0. The van der Waals surface area contributed by atoms with E-state index in [0.29, 0.717) is 6.61 Å². The van der Waals surface area contributed by atoms with Crippen molar-refractivity contribution in [1.82, 2.24) is 15.3 Å². The second-order valence-corrected chi connectivity index (χ2v) is 5.71. The number of fused-ring (bicyclic) bond motifs is 1. The van der Waals surface area contributed by atoms with Crippen LogP contribution in [0.15, 0.2) is 54.9 Å². The van der Waals surface area contributed by atoms with Crippen molar-refractivity contribution in [2.45, 2.75) is 12.5 Å². The van der Waals surface area contributed by atoms with E-state index >= 15 is 0 Å². The third kappa shape index (κ3) is 3.80. The fourth-order valence-electron chi connectivity index (χ4n) is 2.79. The van der Waals surface area contributed by atoms with Crippen LogP contribution in [0.25, 0.3) is 10.9 Å². The molecule has 0 aliphatic carbocycles. The van der Waals surface area contributed by atoms with Gasteiger partial charge in [-0.05, 0) is 36.2 Å². The molecule has 3 aromatic rings. The van der Waals surface area contributed by atoms with E-state index in [-0.39, 0.29) is 24.5 Å². The Balaban J connectivity index is 0.00000182. The highest BCUT2D eigenvalue weighted by Gasteiger charge is 2.21. The molecule has 6 nitrogen and oxygen atoms in total. The smallest absolute Gasteiger partial charge is 0.407 e. The number of benzene rings is 2. The van der Waals surface area contributed by atoms with Crippen molar-refractivity contribution in [2.75, 3.05) is 11.9 Å². The predicted octanol–water partition coefficient (Wildman–Crippen LogP) is 3.45. The summed E-state index contributed by atoms with van der Waals surface area (Å²) in [6.45, 7) is 0.422. The Morgan fingerprint density at radius 3 is 2.68 bits per heavy atom. The van der Waals surface area contributed by atoms with Gasteiger partial charge in [-0.2, -0.15) is 0 Å². The number of nitrogens with one attached hydrogen (secondary N) is 2. The highest BCUT2D eigenvalue weighted by molar-refractivity contribution is 5.90. The SMILES string of the molecule is Cl.O=C1NC(Cc2ccc(Nc3ncnc4ccccc34)cc2)CO1. The number of ether oxygens (including phenoxy) is 1. The third-order valence-corrected chi connectivity index (χ3v) is 3.98. The first-order valence-electron chi connectivity index (χ1n) is 7.77. The number of halogens is 1. The maximum absolute atomic E-state index is 11.1. The van der Waals surface area contributed by atoms with Gasteiger partial charge < -0.3 is 15.4 Å². The fourth-order valence-corrected chi connectivity index (χ4v) is 2.79. The number of aromatic nitrogens is 2. The number of nitrogens with zero attached hydrogens (tertiary/aromatic N) is 2. The molecule has 4 rings (SSSR count). The Bertz CT molecular complexity index is 880. The summed E-state index contributed by atoms with van der Waals surface area (Å²) in [7, 11) is 0. The minimum absolute atomic E-state index is 0. The largest absolute Gasteiger partial charge is 0.447 e. The number of para-hydroxylation sites is 1. The minimum Gasteiger partial charge on any atom is -0.447 e. The number of cyclic esters (lactones) is 1. The van der Waals surface area contributed by atoms with E-state index in [9.17, 15) is 4.79 Å². The van der Waals surface area contributed by atoms with Gasteiger partial charge in [-0.25, -0.2) is 14.8 Å². The summed E-state index contributed by atoms with van der Waals surface area (Å²) in [5, 5.41) is 7.09. The molecule has 2 heterocycles. The van der Waals surface area contributed by atoms with Crippen molar-refractivity contribution >= 4 is 40.9 Å². The van der Waals surface area contributed by atoms with Crippen LogP contribution in [0.1, 0.15) is 5.56 Å². The van der Waals surface area contributed by atoms with Crippen LogP contribution in [0.2, 0.25) is 0 Å². The summed E-state index contributed by atoms with van der Waals surface area (Å²) >= 11 is 0. The standard InChI is InChI=1S/C18H16N4O2.ClH/c23-18-22-14(10-24-18)9-12-5-7-13(8-6-12)21-17-15-3-1-2-4-16(15)19-11-20-17;/h1-8,11,14H,9-10H2,(H,22,23)(H,19,20,21);1H. The van der Waals surface area contributed by atoms with Crippen LogP contribution in [0, 0.1) is 0 Å². The third-order valence-electron chi connectivity index (χ3n) is 3.98. The molecule has 128 valence electrons. The van der Waals surface area contributed by atoms with Gasteiger partial charge in [-0.15, -0.1) is 12.4 Å². The van der Waals surface area contributed by atoms with E-state index in [4.69, 9.17) is 4.74 Å². The lowest BCUT2D eigenvalue weighted by Gasteiger charge is -2.10. The summed E-state index contributed by atoms with van der Waals surface area (Å²) < 4.78 is 4.90. The highest BCUT2D eigenvalue weighted by Crippen LogP contribution is 2.23. The Hall–Kier alpha value is -2.86. The number of hydrogen-bond donors (Lipinski definition) is 2. The average molecular weight is 357 g/mol. The van der Waals surface area contributed by atoms with E-state index in [1.165, 1.54) is 0 Å². The lowest BCUT2D eigenvalue weighted by molar-refractivity contribution is 0.177. The van der Waals surface area contributed by atoms with Crippen molar-refractivity contribution in [3.63, 3.8) is 0 Å². The first-order valence-corrected chi connectivity index (χ1v) is 7.77. The van der Waals surface area contributed by atoms with Crippen LogP contribution in [0.5, 0.6) is 0 Å². The molecule has 1 saturated heterocycles. The number of alkyl carbamates (subject to hydrolysis) is 1. The molecular formula is C18H17ClN4O2. The lowest BCUT2D eigenvalue weighted by atomic mass is 10.1. The number of carbonyl (C=O) groups excluding carboxylic acids is 1. The second-order valence-electron chi connectivity index (χ2n) is 5.71. The molecule has 1 aliphatic heterocycles. The number of anilines is 2. The van der Waals surface area contributed by atoms with Gasteiger partial charge >= 0.3 is 6.09 Å². The van der Waals surface area contributed by atoms with E-state index < -0.39 is 0 Å². The Kier molecular flexibility index (Phi) is 5.00. The maximum Gasteiger partial charge on any atom is 0.407 e. The Morgan fingerprint density at radius 2 is 1.92 bits per heavy atom. The zero-order valence-electron chi connectivity index (χ0n) is 13.3. The van der Waals surface area contributed by atoms with Gasteiger partial charge in [-0.1, -0.05) is 24.3 Å². The van der Waals surface area contributed by atoms with Crippen LogP contribution in [-0.4, -0.2) is 28.7 Å². The van der Waals surface area contributed by atoms with Crippen molar-refractivity contribution in [3.8, 4) is 0 Å². The van der Waals surface area contributed by atoms with Crippen LogP contribution in [0.3, 0.4) is 0 Å². The molecule has 1 unspecified atom stereocenters. The van der Waals surface area contributed by atoms with E-state index in [1.54, 1.807) is 6.33 Å². The predicted molar refractivity (Wildman–Crippen MR) is 98.5 cm³/mol. The van der Waals surface area contributed by atoms with Crippen LogP contribution >= 0.6 is 12.4 Å². The van der Waals surface area contributed by atoms with Crippen LogP contribution in [-0.2, 0) is 11.2 Å². The summed E-state index contributed by atoms with van der Waals surface area (Å²) in [5.41, 5.74) is 3.00. The van der Waals surface area contributed by atoms with Crippen molar-refractivity contribution in [2.24, 2.45) is 0 Å². The molecule has 1 aliphatic rings. The molecule has 1 atom stereocenters. The molecule has 0 spiro atoms. The van der Waals surface area contributed by atoms with E-state index in [0.717, 1.165) is 34.4 Å². The molecule has 0 bridgehead atoms. The zero-order valence-corrected chi connectivity index (χ0v) is 14.1. The molecular weight excluding hydrogens is 340 g/mol. The molecule has 0 saturated carbocycles. The summed E-state index contributed by atoms with van der Waals surface area (Å²) in [4.78, 5) is 19.6. The molecule has 25 heavy (non-hydrogen) atoms. The molecule has 7 heteroatoms. The average Bonchev–Trinajstić information content (AvgIpc) is 3.02. The van der Waals surface area contributed by atoms with Crippen molar-refractivity contribution in [3.05, 3.63) is 60.4 Å². The van der Waals surface area contributed by atoms with Gasteiger partial charge in [0.2, 0.25) is 0 Å². The molecule has 0 radical (unpaired) electrons. The first kappa shape index (κ1) is 17.0. The Morgan fingerprint density at radius 1 is 1.12 bits per heavy atom. The fraction of sp³-hybridized carbons (Fsp3) is 0.167. The normalized spacial score (nSPS) is 16.0.